The van der Waals surface area contributed by atoms with Crippen LogP contribution in [0, 0.1) is 17.0 Å². The first kappa shape index (κ1) is 16.9. The van der Waals surface area contributed by atoms with Gasteiger partial charge in [-0.2, -0.15) is 0 Å². The van der Waals surface area contributed by atoms with Crippen LogP contribution < -0.4 is 10.2 Å². The van der Waals surface area contributed by atoms with Crippen LogP contribution in [0.25, 0.3) is 0 Å². The zero-order valence-corrected chi connectivity index (χ0v) is 13.9. The molecule has 3 heterocycles. The molecule has 0 aliphatic carbocycles. The van der Waals surface area contributed by atoms with Crippen LogP contribution >= 0.6 is 0 Å². The van der Waals surface area contributed by atoms with E-state index in [2.05, 4.69) is 20.2 Å². The number of aryl methyl sites for hydroxylation is 1. The highest BCUT2D eigenvalue weighted by molar-refractivity contribution is 5.91. The lowest BCUT2D eigenvalue weighted by Crippen LogP contribution is -2.31. The quantitative estimate of drug-likeness (QED) is 0.652. The highest BCUT2D eigenvalue weighted by Gasteiger charge is 2.18. The van der Waals surface area contributed by atoms with Crippen molar-refractivity contribution < 1.29 is 14.1 Å². The Morgan fingerprint density at radius 3 is 2.76 bits per heavy atom. The molecule has 1 N–H and O–H groups in total. The predicted molar refractivity (Wildman–Crippen MR) is 89.4 cm³/mol. The van der Waals surface area contributed by atoms with Gasteiger partial charge in [0.05, 0.1) is 18.3 Å². The number of amides is 1. The zero-order valence-electron chi connectivity index (χ0n) is 13.9. The largest absolute Gasteiger partial charge is 0.433 e. The number of nitrogens with zero attached hydrogens (tertiary/aromatic N) is 4. The normalized spacial score (nSPS) is 14.4. The van der Waals surface area contributed by atoms with Gasteiger partial charge in [-0.3, -0.25) is 14.9 Å². The Bertz CT molecular complexity index is 783. The maximum Gasteiger partial charge on any atom is 0.433 e. The van der Waals surface area contributed by atoms with E-state index in [9.17, 15) is 14.9 Å². The number of rotatable bonds is 5. The van der Waals surface area contributed by atoms with E-state index in [4.69, 9.17) is 4.42 Å². The molecule has 2 aromatic rings. The molecule has 25 heavy (non-hydrogen) atoms. The Morgan fingerprint density at radius 2 is 2.08 bits per heavy atom. The number of carbonyl (C=O) groups is 1. The Kier molecular flexibility index (Phi) is 4.92. The molecular weight excluding hydrogens is 326 g/mol. The van der Waals surface area contributed by atoms with Gasteiger partial charge in [0.1, 0.15) is 4.92 Å². The van der Waals surface area contributed by atoms with Crippen molar-refractivity contribution in [3.05, 3.63) is 45.5 Å². The van der Waals surface area contributed by atoms with E-state index in [1.807, 2.05) is 6.92 Å². The van der Waals surface area contributed by atoms with Crippen molar-refractivity contribution in [2.75, 3.05) is 18.0 Å². The Balaban J connectivity index is 1.66. The summed E-state index contributed by atoms with van der Waals surface area (Å²) in [6, 6.07) is 4.23. The fraction of sp³-hybridized carbons (Fsp3) is 0.438. The summed E-state index contributed by atoms with van der Waals surface area (Å²) in [6.45, 7) is 3.95. The molecule has 0 atom stereocenters. The third kappa shape index (κ3) is 4.11. The van der Waals surface area contributed by atoms with Crippen LogP contribution in [0.5, 0.6) is 0 Å². The summed E-state index contributed by atoms with van der Waals surface area (Å²) in [7, 11) is 0. The smallest absolute Gasteiger partial charge is 0.395 e. The van der Waals surface area contributed by atoms with Crippen LogP contribution in [0.2, 0.25) is 0 Å². The maximum absolute atomic E-state index is 12.0. The van der Waals surface area contributed by atoms with Gasteiger partial charge in [-0.1, -0.05) is 0 Å². The van der Waals surface area contributed by atoms with Gasteiger partial charge in [0.2, 0.25) is 5.95 Å². The second-order valence-corrected chi connectivity index (χ2v) is 5.93. The van der Waals surface area contributed by atoms with E-state index in [-0.39, 0.29) is 12.3 Å². The molecule has 1 aliphatic rings. The third-order valence-corrected chi connectivity index (χ3v) is 3.96. The minimum absolute atomic E-state index is 0.103. The number of furan rings is 1. The molecule has 9 nitrogen and oxygen atoms in total. The molecule has 132 valence electrons. The van der Waals surface area contributed by atoms with Gasteiger partial charge in [0.25, 0.3) is 5.91 Å². The maximum atomic E-state index is 12.0. The van der Waals surface area contributed by atoms with Crippen molar-refractivity contribution in [3.63, 3.8) is 0 Å². The van der Waals surface area contributed by atoms with E-state index in [0.29, 0.717) is 11.6 Å². The molecule has 1 fully saturated rings. The lowest BCUT2D eigenvalue weighted by molar-refractivity contribution is -0.402. The fourth-order valence-corrected chi connectivity index (χ4v) is 2.75. The second kappa shape index (κ2) is 7.29. The van der Waals surface area contributed by atoms with E-state index < -0.39 is 16.7 Å². The Labute approximate surface area is 144 Å². The molecule has 0 radical (unpaired) electrons. The third-order valence-electron chi connectivity index (χ3n) is 3.96. The number of anilines is 1. The highest BCUT2D eigenvalue weighted by Crippen LogP contribution is 2.17. The topological polar surface area (TPSA) is 114 Å². The second-order valence-electron chi connectivity index (χ2n) is 5.93. The minimum Gasteiger partial charge on any atom is -0.395 e. The summed E-state index contributed by atoms with van der Waals surface area (Å²) >= 11 is 0. The standard InChI is InChI=1S/C16H19N5O4/c1-11-9-12(19-16(18-11)20-7-3-2-4-8-20)10-17-15(22)13-5-6-14(25-13)21(23)24/h5-6,9H,2-4,7-8,10H2,1H3,(H,17,22). The fourth-order valence-electron chi connectivity index (χ4n) is 2.75. The van der Waals surface area contributed by atoms with Crippen molar-refractivity contribution in [1.82, 2.24) is 15.3 Å². The van der Waals surface area contributed by atoms with Crippen molar-refractivity contribution in [2.24, 2.45) is 0 Å². The van der Waals surface area contributed by atoms with E-state index in [1.165, 1.54) is 12.5 Å². The minimum atomic E-state index is -0.685. The number of piperidine rings is 1. The number of aromatic nitrogens is 2. The molecule has 0 unspecified atom stereocenters. The monoisotopic (exact) mass is 345 g/mol. The molecule has 9 heteroatoms. The predicted octanol–water partition coefficient (Wildman–Crippen LogP) is 2.21. The van der Waals surface area contributed by atoms with Crippen LogP contribution in [0.15, 0.2) is 22.6 Å². The van der Waals surface area contributed by atoms with E-state index >= 15 is 0 Å². The molecule has 1 aliphatic heterocycles. The van der Waals surface area contributed by atoms with Crippen molar-refractivity contribution in [1.29, 1.82) is 0 Å². The summed E-state index contributed by atoms with van der Waals surface area (Å²) in [5, 5.41) is 13.3. The lowest BCUT2D eigenvalue weighted by atomic mass is 10.1. The van der Waals surface area contributed by atoms with E-state index in [1.54, 1.807) is 6.07 Å². The summed E-state index contributed by atoms with van der Waals surface area (Å²) in [5.74, 6) is -0.411. The van der Waals surface area contributed by atoms with Gasteiger partial charge in [-0.05, 0) is 38.3 Å². The van der Waals surface area contributed by atoms with Gasteiger partial charge in [0, 0.05) is 18.8 Å². The van der Waals surface area contributed by atoms with Crippen LogP contribution in [0.4, 0.5) is 11.8 Å². The molecule has 0 saturated carbocycles. The number of hydrogen-bond donors (Lipinski definition) is 1. The number of carbonyl (C=O) groups excluding carboxylic acids is 1. The SMILES string of the molecule is Cc1cc(CNC(=O)c2ccc([N+](=O)[O-])o2)nc(N2CCCCC2)n1. The van der Waals surface area contributed by atoms with Gasteiger partial charge >= 0.3 is 5.88 Å². The van der Waals surface area contributed by atoms with Crippen LogP contribution in [-0.2, 0) is 6.54 Å². The van der Waals surface area contributed by atoms with Gasteiger partial charge in [-0.15, -0.1) is 0 Å². The van der Waals surface area contributed by atoms with Crippen molar-refractivity contribution in [2.45, 2.75) is 32.7 Å². The molecule has 3 rings (SSSR count). The first-order valence-corrected chi connectivity index (χ1v) is 8.15. The summed E-state index contributed by atoms with van der Waals surface area (Å²) in [4.78, 5) is 33.1. The van der Waals surface area contributed by atoms with Crippen molar-refractivity contribution >= 4 is 17.7 Å². The first-order valence-electron chi connectivity index (χ1n) is 8.15. The number of nitro groups is 1. The Hall–Kier alpha value is -2.97. The molecule has 1 amide bonds. The highest BCUT2D eigenvalue weighted by atomic mass is 16.6. The molecule has 2 aromatic heterocycles. The van der Waals surface area contributed by atoms with Crippen LogP contribution in [0.3, 0.4) is 0 Å². The van der Waals surface area contributed by atoms with Crippen LogP contribution in [-0.4, -0.2) is 33.9 Å². The summed E-state index contributed by atoms with van der Waals surface area (Å²) in [6.07, 6.45) is 3.47. The molecule has 1 saturated heterocycles. The van der Waals surface area contributed by atoms with E-state index in [0.717, 1.165) is 37.7 Å². The molecule has 0 bridgehead atoms. The zero-order chi connectivity index (χ0) is 17.8. The van der Waals surface area contributed by atoms with Gasteiger partial charge in [-0.25, -0.2) is 9.97 Å². The molecule has 0 aromatic carbocycles. The lowest BCUT2D eigenvalue weighted by Gasteiger charge is -2.27. The number of nitrogens with one attached hydrogen (secondary N) is 1. The van der Waals surface area contributed by atoms with Crippen LogP contribution in [0.1, 0.15) is 41.2 Å². The van der Waals surface area contributed by atoms with Gasteiger partial charge in [0.15, 0.2) is 5.76 Å². The van der Waals surface area contributed by atoms with Gasteiger partial charge < -0.3 is 14.6 Å². The number of hydrogen-bond acceptors (Lipinski definition) is 7. The average molecular weight is 345 g/mol. The Morgan fingerprint density at radius 1 is 1.32 bits per heavy atom. The summed E-state index contributed by atoms with van der Waals surface area (Å²) < 4.78 is 4.89. The molecule has 0 spiro atoms. The first-order chi connectivity index (χ1) is 12.0. The van der Waals surface area contributed by atoms with Crippen molar-refractivity contribution in [3.8, 4) is 0 Å². The summed E-state index contributed by atoms with van der Waals surface area (Å²) in [5.41, 5.74) is 1.51. The average Bonchev–Trinajstić information content (AvgIpc) is 3.10. The molecular formula is C16H19N5O4.